The molecule has 7 heteroatoms. The van der Waals surface area contributed by atoms with Crippen molar-refractivity contribution in [2.75, 3.05) is 11.9 Å². The molecule has 20 heavy (non-hydrogen) atoms. The summed E-state index contributed by atoms with van der Waals surface area (Å²) in [5.74, 6) is 1.12. The van der Waals surface area contributed by atoms with E-state index in [0.717, 1.165) is 13.0 Å². The second kappa shape index (κ2) is 6.65. The van der Waals surface area contributed by atoms with Gasteiger partial charge in [0.1, 0.15) is 12.1 Å². The molecule has 0 saturated heterocycles. The highest BCUT2D eigenvalue weighted by molar-refractivity contribution is 5.98. The fraction of sp³-hybridized carbons (Fsp3) is 0.385. The van der Waals surface area contributed by atoms with Gasteiger partial charge in [0.05, 0.1) is 12.1 Å². The molecule has 0 unspecified atom stereocenters. The highest BCUT2D eigenvalue weighted by atomic mass is 16.1. The molecule has 0 bridgehead atoms. The first-order chi connectivity index (χ1) is 9.72. The van der Waals surface area contributed by atoms with Crippen LogP contribution in [-0.2, 0) is 13.6 Å². The van der Waals surface area contributed by atoms with E-state index < -0.39 is 0 Å². The number of anilines is 1. The molecule has 0 radical (unpaired) electrons. The molecule has 0 aliphatic carbocycles. The van der Waals surface area contributed by atoms with Gasteiger partial charge in [0.25, 0.3) is 5.91 Å². The molecule has 0 atom stereocenters. The van der Waals surface area contributed by atoms with Crippen LogP contribution >= 0.6 is 0 Å². The van der Waals surface area contributed by atoms with Gasteiger partial charge in [0.15, 0.2) is 5.82 Å². The van der Waals surface area contributed by atoms with Crippen LogP contribution in [-0.4, -0.2) is 32.2 Å². The standard InChI is InChI=1S/C13H18N6O/c1-3-6-14-12-10(5-4-7-15-12)13(20)16-8-11-18-17-9-19(11)2/h4-5,7,9H,3,6,8H2,1-2H3,(H,14,15)(H,16,20). The number of aryl methyl sites for hydroxylation is 1. The summed E-state index contributed by atoms with van der Waals surface area (Å²) in [7, 11) is 1.83. The molecule has 1 amide bonds. The molecular formula is C13H18N6O. The minimum Gasteiger partial charge on any atom is -0.369 e. The SMILES string of the molecule is CCCNc1ncccc1C(=O)NCc1nncn1C. The number of amides is 1. The van der Waals surface area contributed by atoms with Crippen LogP contribution in [0.1, 0.15) is 29.5 Å². The summed E-state index contributed by atoms with van der Waals surface area (Å²) in [4.78, 5) is 16.4. The van der Waals surface area contributed by atoms with E-state index in [4.69, 9.17) is 0 Å². The predicted octanol–water partition coefficient (Wildman–Crippen LogP) is 0.962. The molecule has 2 rings (SSSR count). The van der Waals surface area contributed by atoms with Crippen molar-refractivity contribution in [3.05, 3.63) is 36.0 Å². The lowest BCUT2D eigenvalue weighted by Crippen LogP contribution is -2.25. The Kier molecular flexibility index (Phi) is 4.65. The lowest BCUT2D eigenvalue weighted by atomic mass is 10.2. The second-order valence-corrected chi connectivity index (χ2v) is 4.37. The first-order valence-corrected chi connectivity index (χ1v) is 6.52. The predicted molar refractivity (Wildman–Crippen MR) is 75.2 cm³/mol. The van der Waals surface area contributed by atoms with Crippen molar-refractivity contribution in [2.45, 2.75) is 19.9 Å². The summed E-state index contributed by atoms with van der Waals surface area (Å²) in [6, 6.07) is 3.49. The quantitative estimate of drug-likeness (QED) is 0.819. The van der Waals surface area contributed by atoms with Crippen molar-refractivity contribution in [3.8, 4) is 0 Å². The first-order valence-electron chi connectivity index (χ1n) is 6.52. The number of carbonyl (C=O) groups is 1. The molecular weight excluding hydrogens is 256 g/mol. The monoisotopic (exact) mass is 274 g/mol. The number of aromatic nitrogens is 4. The van der Waals surface area contributed by atoms with E-state index in [1.54, 1.807) is 29.2 Å². The topological polar surface area (TPSA) is 84.7 Å². The Balaban J connectivity index is 2.03. The minimum absolute atomic E-state index is 0.181. The maximum Gasteiger partial charge on any atom is 0.255 e. The number of hydrogen-bond donors (Lipinski definition) is 2. The zero-order valence-corrected chi connectivity index (χ0v) is 11.6. The van der Waals surface area contributed by atoms with E-state index in [-0.39, 0.29) is 5.91 Å². The van der Waals surface area contributed by atoms with Gasteiger partial charge >= 0.3 is 0 Å². The van der Waals surface area contributed by atoms with Crippen molar-refractivity contribution < 1.29 is 4.79 Å². The van der Waals surface area contributed by atoms with Crippen molar-refractivity contribution in [1.82, 2.24) is 25.1 Å². The number of hydrogen-bond acceptors (Lipinski definition) is 5. The minimum atomic E-state index is -0.181. The largest absolute Gasteiger partial charge is 0.369 e. The Morgan fingerprint density at radius 1 is 1.45 bits per heavy atom. The van der Waals surface area contributed by atoms with Gasteiger partial charge in [-0.2, -0.15) is 0 Å². The van der Waals surface area contributed by atoms with E-state index >= 15 is 0 Å². The van der Waals surface area contributed by atoms with Gasteiger partial charge in [-0.05, 0) is 18.6 Å². The molecule has 0 saturated carbocycles. The number of pyridine rings is 1. The lowest BCUT2D eigenvalue weighted by molar-refractivity contribution is 0.0950. The summed E-state index contributed by atoms with van der Waals surface area (Å²) in [6.07, 6.45) is 4.23. The lowest BCUT2D eigenvalue weighted by Gasteiger charge is -2.10. The zero-order valence-electron chi connectivity index (χ0n) is 11.6. The van der Waals surface area contributed by atoms with Gasteiger partial charge in [-0.1, -0.05) is 6.92 Å². The van der Waals surface area contributed by atoms with Crippen molar-refractivity contribution in [2.24, 2.45) is 7.05 Å². The van der Waals surface area contributed by atoms with E-state index in [0.29, 0.717) is 23.8 Å². The maximum atomic E-state index is 12.2. The van der Waals surface area contributed by atoms with E-state index in [1.807, 2.05) is 7.05 Å². The highest BCUT2D eigenvalue weighted by Gasteiger charge is 2.12. The molecule has 0 aliphatic rings. The number of nitrogens with zero attached hydrogens (tertiary/aromatic N) is 4. The molecule has 0 aliphatic heterocycles. The molecule has 106 valence electrons. The maximum absolute atomic E-state index is 12.2. The van der Waals surface area contributed by atoms with Crippen LogP contribution in [0.5, 0.6) is 0 Å². The Labute approximate surface area is 117 Å². The summed E-state index contributed by atoms with van der Waals surface area (Å²) in [5, 5.41) is 13.6. The smallest absolute Gasteiger partial charge is 0.255 e. The fourth-order valence-corrected chi connectivity index (χ4v) is 1.69. The average Bonchev–Trinajstić information content (AvgIpc) is 2.88. The summed E-state index contributed by atoms with van der Waals surface area (Å²) in [6.45, 7) is 3.17. The van der Waals surface area contributed by atoms with Crippen molar-refractivity contribution in [3.63, 3.8) is 0 Å². The van der Waals surface area contributed by atoms with Crippen LogP contribution in [0.4, 0.5) is 5.82 Å². The first kappa shape index (κ1) is 14.0. The molecule has 2 aromatic heterocycles. The Morgan fingerprint density at radius 3 is 3.00 bits per heavy atom. The Morgan fingerprint density at radius 2 is 2.30 bits per heavy atom. The molecule has 0 fully saturated rings. The number of nitrogens with one attached hydrogen (secondary N) is 2. The second-order valence-electron chi connectivity index (χ2n) is 4.37. The Bertz CT molecular complexity index is 580. The van der Waals surface area contributed by atoms with Crippen LogP contribution < -0.4 is 10.6 Å². The summed E-state index contributed by atoms with van der Waals surface area (Å²) in [5.41, 5.74) is 0.531. The fourth-order valence-electron chi connectivity index (χ4n) is 1.69. The van der Waals surface area contributed by atoms with Crippen LogP contribution in [0.25, 0.3) is 0 Å². The highest BCUT2D eigenvalue weighted by Crippen LogP contribution is 2.11. The van der Waals surface area contributed by atoms with Gasteiger partial charge < -0.3 is 15.2 Å². The van der Waals surface area contributed by atoms with Gasteiger partial charge in [-0.25, -0.2) is 4.98 Å². The van der Waals surface area contributed by atoms with E-state index in [1.165, 1.54) is 0 Å². The summed E-state index contributed by atoms with van der Waals surface area (Å²) < 4.78 is 1.76. The Hall–Kier alpha value is -2.44. The van der Waals surface area contributed by atoms with Gasteiger partial charge in [-0.3, -0.25) is 4.79 Å². The van der Waals surface area contributed by atoms with E-state index in [2.05, 4.69) is 32.7 Å². The van der Waals surface area contributed by atoms with Gasteiger partial charge in [-0.15, -0.1) is 10.2 Å². The molecule has 7 nitrogen and oxygen atoms in total. The molecule has 0 spiro atoms. The average molecular weight is 274 g/mol. The number of rotatable bonds is 6. The molecule has 2 heterocycles. The molecule has 2 N–H and O–H groups in total. The van der Waals surface area contributed by atoms with Crippen molar-refractivity contribution in [1.29, 1.82) is 0 Å². The van der Waals surface area contributed by atoms with Crippen LogP contribution in [0.2, 0.25) is 0 Å². The summed E-state index contributed by atoms with van der Waals surface area (Å²) >= 11 is 0. The third kappa shape index (κ3) is 3.31. The zero-order chi connectivity index (χ0) is 14.4. The third-order valence-corrected chi connectivity index (χ3v) is 2.81. The van der Waals surface area contributed by atoms with Crippen molar-refractivity contribution >= 4 is 11.7 Å². The van der Waals surface area contributed by atoms with Gasteiger partial charge in [0.2, 0.25) is 0 Å². The number of carbonyl (C=O) groups excluding carboxylic acids is 1. The van der Waals surface area contributed by atoms with Crippen LogP contribution in [0.3, 0.4) is 0 Å². The molecule has 0 aromatic carbocycles. The third-order valence-electron chi connectivity index (χ3n) is 2.81. The molecule has 2 aromatic rings. The van der Waals surface area contributed by atoms with Gasteiger partial charge in [0, 0.05) is 19.8 Å². The van der Waals surface area contributed by atoms with E-state index in [9.17, 15) is 4.79 Å². The van der Waals surface area contributed by atoms with Crippen LogP contribution in [0, 0.1) is 0 Å². The normalized spacial score (nSPS) is 10.3. The van der Waals surface area contributed by atoms with Crippen LogP contribution in [0.15, 0.2) is 24.7 Å².